The summed E-state index contributed by atoms with van der Waals surface area (Å²) in [5, 5.41) is 6.06. The van der Waals surface area contributed by atoms with Crippen LogP contribution in [0.3, 0.4) is 0 Å². The van der Waals surface area contributed by atoms with E-state index in [0.717, 1.165) is 16.7 Å². The van der Waals surface area contributed by atoms with Gasteiger partial charge in [0, 0.05) is 19.3 Å². The molecule has 132 valence electrons. The summed E-state index contributed by atoms with van der Waals surface area (Å²) < 4.78 is 0. The van der Waals surface area contributed by atoms with Crippen LogP contribution in [0.4, 0.5) is 5.95 Å². The number of hydrogen-bond donors (Lipinski definition) is 2. The predicted molar refractivity (Wildman–Crippen MR) is 103 cm³/mol. The Labute approximate surface area is 153 Å². The zero-order valence-corrected chi connectivity index (χ0v) is 15.0. The Morgan fingerprint density at radius 3 is 2.50 bits per heavy atom. The lowest BCUT2D eigenvalue weighted by atomic mass is 10.1. The first-order valence-electron chi connectivity index (χ1n) is 8.57. The van der Waals surface area contributed by atoms with Gasteiger partial charge in [0.25, 0.3) is 5.91 Å². The van der Waals surface area contributed by atoms with Gasteiger partial charge in [-0.25, -0.2) is 9.97 Å². The molecule has 0 unspecified atom stereocenters. The molecule has 0 aliphatic heterocycles. The van der Waals surface area contributed by atoms with Gasteiger partial charge in [-0.3, -0.25) is 4.79 Å². The number of nitrogens with zero attached hydrogens (tertiary/aromatic N) is 2. The number of aryl methyl sites for hydroxylation is 2. The fraction of sp³-hybridized carbons (Fsp3) is 0.190. The van der Waals surface area contributed by atoms with Gasteiger partial charge in [0.15, 0.2) is 0 Å². The molecule has 26 heavy (non-hydrogen) atoms. The first-order chi connectivity index (χ1) is 12.6. The van der Waals surface area contributed by atoms with Crippen molar-refractivity contribution in [1.29, 1.82) is 0 Å². The number of hydrogen-bond acceptors (Lipinski definition) is 4. The average Bonchev–Trinajstić information content (AvgIpc) is 2.67. The minimum atomic E-state index is -0.214. The minimum Gasteiger partial charge on any atom is -0.350 e. The molecule has 5 heteroatoms. The number of anilines is 1. The van der Waals surface area contributed by atoms with Crippen LogP contribution in [0, 0.1) is 13.8 Å². The molecule has 3 rings (SSSR count). The van der Waals surface area contributed by atoms with Gasteiger partial charge in [0.05, 0.1) is 0 Å². The van der Waals surface area contributed by atoms with E-state index in [9.17, 15) is 4.79 Å². The molecular weight excluding hydrogens is 324 g/mol. The molecule has 0 aliphatic rings. The molecule has 0 spiro atoms. The molecule has 1 amide bonds. The standard InChI is InChI=1S/C21H22N4O/c1-15-7-9-17(10-8-15)13-24-21-22-12-11-19(25-21)20(26)23-14-18-6-4-3-5-16(18)2/h3-12H,13-14H2,1-2H3,(H,23,26)(H,22,24,25). The predicted octanol–water partition coefficient (Wildman–Crippen LogP) is 3.64. The van der Waals surface area contributed by atoms with E-state index in [0.29, 0.717) is 24.7 Å². The summed E-state index contributed by atoms with van der Waals surface area (Å²) in [6.07, 6.45) is 1.59. The van der Waals surface area contributed by atoms with Gasteiger partial charge in [-0.05, 0) is 36.6 Å². The van der Waals surface area contributed by atoms with Gasteiger partial charge in [-0.15, -0.1) is 0 Å². The molecule has 0 saturated heterocycles. The fourth-order valence-corrected chi connectivity index (χ4v) is 2.53. The van der Waals surface area contributed by atoms with E-state index in [1.807, 2.05) is 31.2 Å². The van der Waals surface area contributed by atoms with Crippen molar-refractivity contribution in [3.8, 4) is 0 Å². The molecule has 0 radical (unpaired) electrons. The summed E-state index contributed by atoms with van der Waals surface area (Å²) in [5.41, 5.74) is 4.94. The lowest BCUT2D eigenvalue weighted by Crippen LogP contribution is -2.24. The summed E-state index contributed by atoms with van der Waals surface area (Å²) in [7, 11) is 0. The lowest BCUT2D eigenvalue weighted by molar-refractivity contribution is 0.0946. The second-order valence-electron chi connectivity index (χ2n) is 6.21. The zero-order chi connectivity index (χ0) is 18.4. The number of benzene rings is 2. The molecule has 1 aromatic heterocycles. The molecule has 0 fully saturated rings. The normalized spacial score (nSPS) is 10.4. The lowest BCUT2D eigenvalue weighted by Gasteiger charge is -2.09. The monoisotopic (exact) mass is 346 g/mol. The van der Waals surface area contributed by atoms with Crippen molar-refractivity contribution in [3.05, 3.63) is 88.7 Å². The first kappa shape index (κ1) is 17.6. The highest BCUT2D eigenvalue weighted by molar-refractivity contribution is 5.92. The van der Waals surface area contributed by atoms with Gasteiger partial charge in [-0.1, -0.05) is 54.1 Å². The third-order valence-corrected chi connectivity index (χ3v) is 4.16. The van der Waals surface area contributed by atoms with E-state index in [-0.39, 0.29) is 5.91 Å². The highest BCUT2D eigenvalue weighted by atomic mass is 16.1. The van der Waals surface area contributed by atoms with Crippen LogP contribution in [0.5, 0.6) is 0 Å². The number of amides is 1. The van der Waals surface area contributed by atoms with E-state index in [2.05, 4.69) is 51.8 Å². The maximum Gasteiger partial charge on any atom is 0.270 e. The third kappa shape index (κ3) is 4.66. The maximum absolute atomic E-state index is 12.4. The van der Waals surface area contributed by atoms with E-state index in [1.165, 1.54) is 5.56 Å². The Bertz CT molecular complexity index is 891. The van der Waals surface area contributed by atoms with Crippen molar-refractivity contribution in [2.75, 3.05) is 5.32 Å². The van der Waals surface area contributed by atoms with Crippen LogP contribution in [0.15, 0.2) is 60.8 Å². The molecule has 0 saturated carbocycles. The SMILES string of the molecule is Cc1ccc(CNc2nccc(C(=O)NCc3ccccc3C)n2)cc1. The first-order valence-corrected chi connectivity index (χ1v) is 8.57. The molecule has 2 aromatic carbocycles. The summed E-state index contributed by atoms with van der Waals surface area (Å²) in [6.45, 7) is 5.16. The molecule has 5 nitrogen and oxygen atoms in total. The van der Waals surface area contributed by atoms with Gasteiger partial charge >= 0.3 is 0 Å². The van der Waals surface area contributed by atoms with Crippen LogP contribution in [0.1, 0.15) is 32.7 Å². The maximum atomic E-state index is 12.4. The summed E-state index contributed by atoms with van der Waals surface area (Å²) in [4.78, 5) is 20.9. The summed E-state index contributed by atoms with van der Waals surface area (Å²) in [5.74, 6) is 0.225. The molecule has 0 bridgehead atoms. The Kier molecular flexibility index (Phi) is 5.59. The number of aromatic nitrogens is 2. The van der Waals surface area contributed by atoms with Crippen molar-refractivity contribution in [2.45, 2.75) is 26.9 Å². The molecule has 0 atom stereocenters. The largest absolute Gasteiger partial charge is 0.350 e. The number of nitrogens with one attached hydrogen (secondary N) is 2. The van der Waals surface area contributed by atoms with E-state index in [4.69, 9.17) is 0 Å². The summed E-state index contributed by atoms with van der Waals surface area (Å²) in [6, 6.07) is 17.8. The van der Waals surface area contributed by atoms with Gasteiger partial charge in [-0.2, -0.15) is 0 Å². The van der Waals surface area contributed by atoms with Crippen molar-refractivity contribution in [2.24, 2.45) is 0 Å². The van der Waals surface area contributed by atoms with Crippen LogP contribution < -0.4 is 10.6 Å². The van der Waals surface area contributed by atoms with Crippen LogP contribution in [-0.4, -0.2) is 15.9 Å². The van der Waals surface area contributed by atoms with Gasteiger partial charge < -0.3 is 10.6 Å². The van der Waals surface area contributed by atoms with E-state index < -0.39 is 0 Å². The topological polar surface area (TPSA) is 66.9 Å². The van der Waals surface area contributed by atoms with Crippen molar-refractivity contribution in [1.82, 2.24) is 15.3 Å². The van der Waals surface area contributed by atoms with Gasteiger partial charge in [0.2, 0.25) is 5.95 Å². The van der Waals surface area contributed by atoms with Crippen molar-refractivity contribution >= 4 is 11.9 Å². The van der Waals surface area contributed by atoms with Crippen LogP contribution in [-0.2, 0) is 13.1 Å². The Hall–Kier alpha value is -3.21. The van der Waals surface area contributed by atoms with Crippen LogP contribution in [0.2, 0.25) is 0 Å². The smallest absolute Gasteiger partial charge is 0.270 e. The second kappa shape index (κ2) is 8.25. The Morgan fingerprint density at radius 1 is 0.962 bits per heavy atom. The second-order valence-corrected chi connectivity index (χ2v) is 6.21. The molecule has 0 aliphatic carbocycles. The molecule has 1 heterocycles. The van der Waals surface area contributed by atoms with Crippen LogP contribution >= 0.6 is 0 Å². The summed E-state index contributed by atoms with van der Waals surface area (Å²) >= 11 is 0. The highest BCUT2D eigenvalue weighted by Crippen LogP contribution is 2.08. The molecule has 3 aromatic rings. The quantitative estimate of drug-likeness (QED) is 0.715. The fourth-order valence-electron chi connectivity index (χ4n) is 2.53. The highest BCUT2D eigenvalue weighted by Gasteiger charge is 2.09. The zero-order valence-electron chi connectivity index (χ0n) is 15.0. The van der Waals surface area contributed by atoms with Crippen molar-refractivity contribution < 1.29 is 4.79 Å². The minimum absolute atomic E-state index is 0.214. The molecular formula is C21H22N4O. The number of carbonyl (C=O) groups excluding carboxylic acids is 1. The van der Waals surface area contributed by atoms with E-state index in [1.54, 1.807) is 12.3 Å². The number of rotatable bonds is 6. The molecule has 2 N–H and O–H groups in total. The van der Waals surface area contributed by atoms with Crippen molar-refractivity contribution in [3.63, 3.8) is 0 Å². The average molecular weight is 346 g/mol. The Balaban J connectivity index is 1.60. The number of carbonyl (C=O) groups is 1. The van der Waals surface area contributed by atoms with Gasteiger partial charge in [0.1, 0.15) is 5.69 Å². The third-order valence-electron chi connectivity index (χ3n) is 4.16. The van der Waals surface area contributed by atoms with E-state index >= 15 is 0 Å². The Morgan fingerprint density at radius 2 is 1.73 bits per heavy atom. The van der Waals surface area contributed by atoms with Crippen LogP contribution in [0.25, 0.3) is 0 Å².